The second kappa shape index (κ2) is 5.38. The number of likely N-dealkylation sites (tertiary alicyclic amines) is 1. The van der Waals surface area contributed by atoms with Crippen molar-refractivity contribution in [2.45, 2.75) is 31.8 Å². The van der Waals surface area contributed by atoms with E-state index in [1.54, 1.807) is 0 Å². The number of hydrogen-bond donors (Lipinski definition) is 1. The monoisotopic (exact) mass is 339 g/mol. The molecule has 1 N–H and O–H groups in total. The maximum atomic E-state index is 5.48. The zero-order valence-electron chi connectivity index (χ0n) is 11.0. The zero-order chi connectivity index (χ0) is 13.4. The molecule has 1 unspecified atom stereocenters. The number of nitrogens with one attached hydrogen (secondary N) is 1. The summed E-state index contributed by atoms with van der Waals surface area (Å²) in [5.41, 5.74) is 2.31. The summed E-state index contributed by atoms with van der Waals surface area (Å²) in [6.45, 7) is 2.18. The lowest BCUT2D eigenvalue weighted by molar-refractivity contribution is 0.168. The molecule has 1 atom stereocenters. The Morgan fingerprint density at radius 3 is 3.05 bits per heavy atom. The van der Waals surface area contributed by atoms with E-state index < -0.39 is 0 Å². The average Bonchev–Trinajstić information content (AvgIpc) is 2.68. The normalized spacial score (nSPS) is 21.1. The van der Waals surface area contributed by atoms with Crippen molar-refractivity contribution >= 4 is 39.2 Å². The van der Waals surface area contributed by atoms with Crippen molar-refractivity contribution in [3.63, 3.8) is 0 Å². The van der Waals surface area contributed by atoms with Gasteiger partial charge in [0.15, 0.2) is 4.77 Å². The number of nitrogens with zero attached hydrogens (tertiary/aromatic N) is 2. The van der Waals surface area contributed by atoms with E-state index in [2.05, 4.69) is 55.6 Å². The number of aromatic nitrogens is 2. The molecule has 0 saturated carbocycles. The summed E-state index contributed by atoms with van der Waals surface area (Å²) in [5, 5.41) is 0. The summed E-state index contributed by atoms with van der Waals surface area (Å²) >= 11 is 8.98. The molecule has 3 nitrogen and oxygen atoms in total. The largest absolute Gasteiger partial charge is 0.331 e. The maximum Gasteiger partial charge on any atom is 0.178 e. The quantitative estimate of drug-likeness (QED) is 0.837. The van der Waals surface area contributed by atoms with E-state index in [-0.39, 0.29) is 0 Å². The molecule has 0 amide bonds. The van der Waals surface area contributed by atoms with Crippen LogP contribution in [0.5, 0.6) is 0 Å². The first kappa shape index (κ1) is 13.3. The molecule has 0 bridgehead atoms. The number of benzene rings is 1. The van der Waals surface area contributed by atoms with Crippen LogP contribution >= 0.6 is 28.1 Å². The zero-order valence-corrected chi connectivity index (χ0v) is 13.4. The first-order valence-corrected chi connectivity index (χ1v) is 7.93. The van der Waals surface area contributed by atoms with E-state index in [4.69, 9.17) is 12.2 Å². The van der Waals surface area contributed by atoms with Crippen molar-refractivity contribution in [2.75, 3.05) is 13.6 Å². The molecule has 1 saturated heterocycles. The minimum atomic E-state index is 0.600. The van der Waals surface area contributed by atoms with Crippen molar-refractivity contribution < 1.29 is 0 Å². The van der Waals surface area contributed by atoms with Crippen molar-refractivity contribution in [3.05, 3.63) is 27.4 Å². The minimum Gasteiger partial charge on any atom is -0.331 e. The molecule has 3 rings (SSSR count). The summed E-state index contributed by atoms with van der Waals surface area (Å²) < 4.78 is 4.15. The molecule has 0 aliphatic carbocycles. The predicted molar refractivity (Wildman–Crippen MR) is 85.1 cm³/mol. The van der Waals surface area contributed by atoms with E-state index in [1.165, 1.54) is 31.3 Å². The number of fused-ring (bicyclic) bond motifs is 1. The van der Waals surface area contributed by atoms with Crippen molar-refractivity contribution in [3.8, 4) is 0 Å². The number of likely N-dealkylation sites (N-methyl/N-ethyl adjacent to an activating group) is 1. The standard InChI is InChI=1S/C14H18BrN3S/c1-17-7-3-2-4-11(17)9-18-13-6-5-10(15)8-12(13)16-14(18)19/h5-6,8,11H,2-4,7,9H2,1H3,(H,16,19). The van der Waals surface area contributed by atoms with Crippen LogP contribution in [0.4, 0.5) is 0 Å². The molecule has 1 aliphatic rings. The number of rotatable bonds is 2. The summed E-state index contributed by atoms with van der Waals surface area (Å²) in [4.78, 5) is 5.76. The summed E-state index contributed by atoms with van der Waals surface area (Å²) in [7, 11) is 2.22. The maximum absolute atomic E-state index is 5.48. The fraction of sp³-hybridized carbons (Fsp3) is 0.500. The van der Waals surface area contributed by atoms with Gasteiger partial charge in [0.25, 0.3) is 0 Å². The first-order valence-electron chi connectivity index (χ1n) is 6.73. The van der Waals surface area contributed by atoms with Crippen LogP contribution in [0.2, 0.25) is 0 Å². The third-order valence-electron chi connectivity index (χ3n) is 4.05. The van der Waals surface area contributed by atoms with Crippen LogP contribution in [0.15, 0.2) is 22.7 Å². The summed E-state index contributed by atoms with van der Waals surface area (Å²) in [6.07, 6.45) is 3.91. The molecular weight excluding hydrogens is 322 g/mol. The number of imidazole rings is 1. The lowest BCUT2D eigenvalue weighted by atomic mass is 10.0. The minimum absolute atomic E-state index is 0.600. The van der Waals surface area contributed by atoms with Gasteiger partial charge in [-0.05, 0) is 56.9 Å². The van der Waals surface area contributed by atoms with Crippen LogP contribution in [-0.4, -0.2) is 34.1 Å². The SMILES string of the molecule is CN1CCCCC1Cn1c(=S)[nH]c2cc(Br)ccc21. The molecule has 2 aromatic rings. The van der Waals surface area contributed by atoms with Crippen molar-refractivity contribution in [2.24, 2.45) is 0 Å². The fourth-order valence-corrected chi connectivity index (χ4v) is 3.55. The Hall–Kier alpha value is -0.650. The molecule has 1 fully saturated rings. The first-order chi connectivity index (χ1) is 9.15. The fourth-order valence-electron chi connectivity index (χ4n) is 2.90. The van der Waals surface area contributed by atoms with E-state index in [0.29, 0.717) is 6.04 Å². The van der Waals surface area contributed by atoms with Gasteiger partial charge in [0.1, 0.15) is 0 Å². The second-order valence-corrected chi connectivity index (χ2v) is 6.63. The van der Waals surface area contributed by atoms with Gasteiger partial charge >= 0.3 is 0 Å². The average molecular weight is 340 g/mol. The van der Waals surface area contributed by atoms with Crippen molar-refractivity contribution in [1.82, 2.24) is 14.5 Å². The molecule has 1 aromatic carbocycles. The Labute approximate surface area is 126 Å². The van der Waals surface area contributed by atoms with Gasteiger partial charge in [-0.2, -0.15) is 0 Å². The third-order valence-corrected chi connectivity index (χ3v) is 4.87. The highest BCUT2D eigenvalue weighted by Gasteiger charge is 2.20. The Morgan fingerprint density at radius 1 is 1.42 bits per heavy atom. The number of H-pyrrole nitrogens is 1. The smallest absolute Gasteiger partial charge is 0.178 e. The molecule has 1 aliphatic heterocycles. The van der Waals surface area contributed by atoms with Gasteiger partial charge in [-0.3, -0.25) is 0 Å². The van der Waals surface area contributed by atoms with E-state index >= 15 is 0 Å². The summed E-state index contributed by atoms with van der Waals surface area (Å²) in [5.74, 6) is 0. The van der Waals surface area contributed by atoms with Crippen LogP contribution < -0.4 is 0 Å². The number of piperidine rings is 1. The van der Waals surface area contributed by atoms with Gasteiger partial charge in [-0.25, -0.2) is 0 Å². The Kier molecular flexibility index (Phi) is 3.78. The predicted octanol–water partition coefficient (Wildman–Crippen LogP) is 3.95. The van der Waals surface area contributed by atoms with Gasteiger partial charge in [0.2, 0.25) is 0 Å². The highest BCUT2D eigenvalue weighted by atomic mass is 79.9. The molecule has 19 heavy (non-hydrogen) atoms. The molecule has 102 valence electrons. The number of aromatic amines is 1. The highest BCUT2D eigenvalue weighted by Crippen LogP contribution is 2.22. The molecule has 0 radical (unpaired) electrons. The van der Waals surface area contributed by atoms with Crippen LogP contribution in [0.3, 0.4) is 0 Å². The van der Waals surface area contributed by atoms with Gasteiger partial charge in [-0.1, -0.05) is 22.4 Å². The number of hydrogen-bond acceptors (Lipinski definition) is 2. The Balaban J connectivity index is 1.96. The highest BCUT2D eigenvalue weighted by molar-refractivity contribution is 9.10. The third kappa shape index (κ3) is 2.64. The van der Waals surface area contributed by atoms with Crippen LogP contribution in [0, 0.1) is 4.77 Å². The molecule has 1 aromatic heterocycles. The Morgan fingerprint density at radius 2 is 2.26 bits per heavy atom. The lowest BCUT2D eigenvalue weighted by Crippen LogP contribution is -2.39. The second-order valence-electron chi connectivity index (χ2n) is 5.33. The van der Waals surface area contributed by atoms with Gasteiger partial charge < -0.3 is 14.5 Å². The molecular formula is C14H18BrN3S. The number of halogens is 1. The van der Waals surface area contributed by atoms with E-state index in [1.807, 2.05) is 0 Å². The lowest BCUT2D eigenvalue weighted by Gasteiger charge is -2.32. The topological polar surface area (TPSA) is 24.0 Å². The molecule has 2 heterocycles. The van der Waals surface area contributed by atoms with Gasteiger partial charge in [0, 0.05) is 17.1 Å². The molecule has 5 heteroatoms. The van der Waals surface area contributed by atoms with Gasteiger partial charge in [0.05, 0.1) is 11.0 Å². The van der Waals surface area contributed by atoms with Crippen LogP contribution in [-0.2, 0) is 6.54 Å². The van der Waals surface area contributed by atoms with Crippen molar-refractivity contribution in [1.29, 1.82) is 0 Å². The molecule has 0 spiro atoms. The van der Waals surface area contributed by atoms with Gasteiger partial charge in [-0.15, -0.1) is 0 Å². The van der Waals surface area contributed by atoms with Crippen LogP contribution in [0.1, 0.15) is 19.3 Å². The summed E-state index contributed by atoms with van der Waals surface area (Å²) in [6, 6.07) is 6.90. The van der Waals surface area contributed by atoms with E-state index in [0.717, 1.165) is 21.3 Å². The van der Waals surface area contributed by atoms with Crippen LogP contribution in [0.25, 0.3) is 11.0 Å². The van der Waals surface area contributed by atoms with E-state index in [9.17, 15) is 0 Å². The Bertz CT molecular complexity index is 646.